The van der Waals surface area contributed by atoms with Gasteiger partial charge in [-0.05, 0) is 51.2 Å². The predicted octanol–water partition coefficient (Wildman–Crippen LogP) is 7.69. The van der Waals surface area contributed by atoms with Crippen molar-refractivity contribution >= 4 is 11.6 Å². The first kappa shape index (κ1) is 28.0. The van der Waals surface area contributed by atoms with E-state index in [1.54, 1.807) is 13.8 Å². The van der Waals surface area contributed by atoms with Crippen LogP contribution in [-0.4, -0.2) is 11.6 Å². The van der Waals surface area contributed by atoms with E-state index in [4.69, 9.17) is 0 Å². The molecule has 0 aromatic heterocycles. The summed E-state index contributed by atoms with van der Waals surface area (Å²) in [4.78, 5) is 20.8. The lowest BCUT2D eigenvalue weighted by Crippen LogP contribution is -1.92. The Labute approximate surface area is 173 Å². The molecule has 0 aliphatic carbocycles. The van der Waals surface area contributed by atoms with Crippen molar-refractivity contribution in [3.8, 4) is 0 Å². The average Bonchev–Trinajstić information content (AvgIpc) is 2.70. The van der Waals surface area contributed by atoms with Crippen molar-refractivity contribution in [2.75, 3.05) is 0 Å². The van der Waals surface area contributed by atoms with Crippen molar-refractivity contribution in [3.05, 3.63) is 71.8 Å². The van der Waals surface area contributed by atoms with Crippen LogP contribution < -0.4 is 0 Å². The van der Waals surface area contributed by atoms with Gasteiger partial charge in [0.2, 0.25) is 0 Å². The topological polar surface area (TPSA) is 34.1 Å². The van der Waals surface area contributed by atoms with Gasteiger partial charge >= 0.3 is 0 Å². The maximum Gasteiger partial charge on any atom is 0.159 e. The van der Waals surface area contributed by atoms with E-state index in [0.29, 0.717) is 6.42 Å². The third-order valence-corrected chi connectivity index (χ3v) is 3.98. The summed E-state index contributed by atoms with van der Waals surface area (Å²) >= 11 is 0. The highest BCUT2D eigenvalue weighted by Crippen LogP contribution is 2.08. The monoisotopic (exact) mass is 384 g/mol. The molecule has 0 saturated carbocycles. The lowest BCUT2D eigenvalue weighted by atomic mass is 10.1. The summed E-state index contributed by atoms with van der Waals surface area (Å²) < 4.78 is 0. The number of ketones is 2. The fourth-order valence-corrected chi connectivity index (χ4v) is 2.05. The number of allylic oxidation sites excluding steroid dienone is 5. The van der Waals surface area contributed by atoms with Crippen LogP contribution in [0.4, 0.5) is 0 Å². The molecule has 0 atom stereocenters. The van der Waals surface area contributed by atoms with Gasteiger partial charge in [-0.25, -0.2) is 0 Å². The molecule has 0 fully saturated rings. The van der Waals surface area contributed by atoms with Crippen LogP contribution in [0, 0.1) is 0 Å². The zero-order valence-electron chi connectivity index (χ0n) is 18.9. The minimum Gasteiger partial charge on any atom is -0.300 e. The number of carbonyl (C=O) groups is 2. The smallest absolute Gasteiger partial charge is 0.159 e. The minimum atomic E-state index is 0.141. The van der Waals surface area contributed by atoms with Gasteiger partial charge in [0, 0.05) is 12.0 Å². The van der Waals surface area contributed by atoms with E-state index >= 15 is 0 Å². The molecule has 2 heteroatoms. The van der Waals surface area contributed by atoms with Crippen LogP contribution in [-0.2, 0) is 11.2 Å². The molecule has 0 spiro atoms. The van der Waals surface area contributed by atoms with Crippen molar-refractivity contribution in [3.63, 3.8) is 0 Å². The van der Waals surface area contributed by atoms with Crippen LogP contribution in [0.25, 0.3) is 0 Å². The van der Waals surface area contributed by atoms with Gasteiger partial charge in [0.15, 0.2) is 5.78 Å². The van der Waals surface area contributed by atoms with E-state index in [1.165, 1.54) is 30.4 Å². The molecule has 1 rings (SSSR count). The normalized spacial score (nSPS) is 10.4. The molecule has 0 aliphatic rings. The molecule has 0 N–H and O–H groups in total. The fourth-order valence-electron chi connectivity index (χ4n) is 2.05. The highest BCUT2D eigenvalue weighted by Gasteiger charge is 1.98. The zero-order valence-corrected chi connectivity index (χ0v) is 18.9. The van der Waals surface area contributed by atoms with Crippen LogP contribution >= 0.6 is 0 Å². The highest BCUT2D eigenvalue weighted by atomic mass is 16.1. The first-order chi connectivity index (χ1) is 13.4. The number of hydrogen-bond acceptors (Lipinski definition) is 2. The second kappa shape index (κ2) is 19.5. The van der Waals surface area contributed by atoms with Crippen LogP contribution in [0.5, 0.6) is 0 Å². The zero-order chi connectivity index (χ0) is 21.8. The molecule has 0 amide bonds. The van der Waals surface area contributed by atoms with E-state index in [1.807, 2.05) is 56.3 Å². The number of benzene rings is 1. The molecule has 156 valence electrons. The molecular formula is C26H40O2. The van der Waals surface area contributed by atoms with Crippen molar-refractivity contribution in [2.24, 2.45) is 0 Å². The lowest BCUT2D eigenvalue weighted by Gasteiger charge is -2.00. The summed E-state index contributed by atoms with van der Waals surface area (Å²) in [5.74, 6) is 0.395. The number of Topliss-reactive ketones (excluding diaryl/α,β-unsaturated/α-hetero) is 2. The molecule has 0 aliphatic heterocycles. The predicted molar refractivity (Wildman–Crippen MR) is 124 cm³/mol. The van der Waals surface area contributed by atoms with E-state index in [9.17, 15) is 9.59 Å². The van der Waals surface area contributed by atoms with E-state index in [2.05, 4.69) is 26.5 Å². The highest BCUT2D eigenvalue weighted by molar-refractivity contribution is 5.93. The Morgan fingerprint density at radius 2 is 1.57 bits per heavy atom. The molecule has 0 radical (unpaired) electrons. The number of unbranched alkanes of at least 4 members (excludes halogenated alkanes) is 1. The average molecular weight is 385 g/mol. The maximum absolute atomic E-state index is 11.0. The third-order valence-electron chi connectivity index (χ3n) is 3.98. The largest absolute Gasteiger partial charge is 0.300 e. The SMILES string of the molecule is C=C/C(=C\C=C/C)CCC.CCC(C)=O.CCCCc1ccc(C(C)=O)cc1. The Bertz CT molecular complexity index is 604. The van der Waals surface area contributed by atoms with Gasteiger partial charge in [0.1, 0.15) is 5.78 Å². The summed E-state index contributed by atoms with van der Waals surface area (Å²) in [6.07, 6.45) is 14.7. The van der Waals surface area contributed by atoms with Crippen LogP contribution in [0.15, 0.2) is 60.7 Å². The van der Waals surface area contributed by atoms with Crippen LogP contribution in [0.2, 0.25) is 0 Å². The molecule has 2 nitrogen and oxygen atoms in total. The lowest BCUT2D eigenvalue weighted by molar-refractivity contribution is -0.116. The molecule has 0 bridgehead atoms. The quantitative estimate of drug-likeness (QED) is 0.323. The molecule has 1 aromatic rings. The maximum atomic E-state index is 11.0. The van der Waals surface area contributed by atoms with Crippen molar-refractivity contribution in [1.82, 2.24) is 0 Å². The van der Waals surface area contributed by atoms with Crippen molar-refractivity contribution in [2.45, 2.75) is 80.1 Å². The summed E-state index contributed by atoms with van der Waals surface area (Å²) in [5, 5.41) is 0. The molecule has 0 saturated heterocycles. The Balaban J connectivity index is 0. The Morgan fingerprint density at radius 3 is 1.93 bits per heavy atom. The third kappa shape index (κ3) is 17.2. The van der Waals surface area contributed by atoms with E-state index in [-0.39, 0.29) is 11.6 Å². The molecule has 28 heavy (non-hydrogen) atoms. The van der Waals surface area contributed by atoms with Gasteiger partial charge in [0.25, 0.3) is 0 Å². The number of aryl methyl sites for hydroxylation is 1. The Hall–Kier alpha value is -2.22. The van der Waals surface area contributed by atoms with Gasteiger partial charge in [-0.1, -0.05) is 88.8 Å². The standard InChI is InChI=1S/C12H16O.C10H16.C4H8O/c1-3-4-5-11-6-8-12(9-7-11)10(2)13;1-4-7-9-10(6-3)8-5-2;1-3-4(2)5/h6-9H,3-5H2,1-2H3;4,6-7,9H,3,5,8H2,1-2H3;3H2,1-2H3/b;7-4-,10-9+;. The molecule has 0 heterocycles. The molecular weight excluding hydrogens is 344 g/mol. The summed E-state index contributed by atoms with van der Waals surface area (Å²) in [6, 6.07) is 7.92. The van der Waals surface area contributed by atoms with Gasteiger partial charge in [-0.3, -0.25) is 4.79 Å². The van der Waals surface area contributed by atoms with Gasteiger partial charge in [0.05, 0.1) is 0 Å². The first-order valence-corrected chi connectivity index (χ1v) is 10.4. The summed E-state index contributed by atoms with van der Waals surface area (Å²) in [7, 11) is 0. The minimum absolute atomic E-state index is 0.141. The number of hydrogen-bond donors (Lipinski definition) is 0. The molecule has 0 unspecified atom stereocenters. The number of carbonyl (C=O) groups excluding carboxylic acids is 2. The van der Waals surface area contributed by atoms with Gasteiger partial charge in [-0.2, -0.15) is 0 Å². The second-order valence-electron chi connectivity index (χ2n) is 6.63. The fraction of sp³-hybridized carbons (Fsp3) is 0.462. The van der Waals surface area contributed by atoms with Crippen LogP contribution in [0.1, 0.15) is 89.6 Å². The Morgan fingerprint density at radius 1 is 1.00 bits per heavy atom. The Kier molecular flexibility index (Phi) is 19.5. The van der Waals surface area contributed by atoms with Gasteiger partial charge < -0.3 is 4.79 Å². The number of rotatable bonds is 9. The summed E-state index contributed by atoms with van der Waals surface area (Å²) in [6.45, 7) is 15.1. The van der Waals surface area contributed by atoms with Crippen LogP contribution in [0.3, 0.4) is 0 Å². The second-order valence-corrected chi connectivity index (χ2v) is 6.63. The van der Waals surface area contributed by atoms with Gasteiger partial charge in [-0.15, -0.1) is 0 Å². The van der Waals surface area contributed by atoms with Crippen molar-refractivity contribution in [1.29, 1.82) is 0 Å². The van der Waals surface area contributed by atoms with E-state index < -0.39 is 0 Å². The summed E-state index contributed by atoms with van der Waals surface area (Å²) in [5.41, 5.74) is 3.45. The van der Waals surface area contributed by atoms with E-state index in [0.717, 1.165) is 18.4 Å². The first-order valence-electron chi connectivity index (χ1n) is 10.4. The van der Waals surface area contributed by atoms with Crippen molar-refractivity contribution < 1.29 is 9.59 Å². The molecule has 1 aromatic carbocycles.